The van der Waals surface area contributed by atoms with Crippen molar-refractivity contribution in [2.45, 2.75) is 43.0 Å². The van der Waals surface area contributed by atoms with Crippen LogP contribution in [-0.2, 0) is 0 Å². The number of aromatic amines is 1. The van der Waals surface area contributed by atoms with Gasteiger partial charge < -0.3 is 20.8 Å². The van der Waals surface area contributed by atoms with Crippen molar-refractivity contribution in [3.8, 4) is 11.8 Å². The van der Waals surface area contributed by atoms with Gasteiger partial charge in [0.05, 0.1) is 17.6 Å². The van der Waals surface area contributed by atoms with Crippen molar-refractivity contribution in [2.75, 3.05) is 5.75 Å². The number of thioether (sulfide) groups is 1. The summed E-state index contributed by atoms with van der Waals surface area (Å²) >= 11 is 1.86. The Labute approximate surface area is 131 Å². The van der Waals surface area contributed by atoms with Gasteiger partial charge in [-0.05, 0) is 12.8 Å². The highest BCUT2D eigenvalue weighted by atomic mass is 32.2. The number of amides is 2. The SMILES string of the molecule is O=C1N[C@H]2[C@H](CS[C@H]2CCCCC(=O)c2cc(O)[nH]c2O)N1. The van der Waals surface area contributed by atoms with E-state index in [1.54, 1.807) is 0 Å². The van der Waals surface area contributed by atoms with E-state index in [0.717, 1.165) is 25.0 Å². The molecule has 2 amide bonds. The second-order valence-electron chi connectivity index (χ2n) is 5.71. The van der Waals surface area contributed by atoms with Crippen LogP contribution in [0.1, 0.15) is 36.0 Å². The molecule has 2 aliphatic heterocycles. The van der Waals surface area contributed by atoms with Crippen LogP contribution in [0.25, 0.3) is 0 Å². The highest BCUT2D eigenvalue weighted by Gasteiger charge is 2.42. The monoisotopic (exact) mass is 325 g/mol. The number of hydrogen-bond acceptors (Lipinski definition) is 5. The fourth-order valence-corrected chi connectivity index (χ4v) is 4.59. The molecule has 2 fully saturated rings. The molecule has 0 aliphatic carbocycles. The van der Waals surface area contributed by atoms with Gasteiger partial charge in [0.15, 0.2) is 11.7 Å². The van der Waals surface area contributed by atoms with Gasteiger partial charge in [0, 0.05) is 23.5 Å². The zero-order valence-corrected chi connectivity index (χ0v) is 12.8. The molecule has 1 aromatic heterocycles. The van der Waals surface area contributed by atoms with E-state index in [-0.39, 0.29) is 41.2 Å². The summed E-state index contributed by atoms with van der Waals surface area (Å²) in [4.78, 5) is 25.5. The minimum absolute atomic E-state index is 0.0850. The molecule has 3 atom stereocenters. The lowest BCUT2D eigenvalue weighted by atomic mass is 10.0. The number of nitrogens with one attached hydrogen (secondary N) is 3. The Hall–Kier alpha value is -1.83. The Morgan fingerprint density at radius 3 is 2.86 bits per heavy atom. The van der Waals surface area contributed by atoms with Crippen LogP contribution in [-0.4, -0.2) is 50.1 Å². The number of carbonyl (C=O) groups excluding carboxylic acids is 2. The largest absolute Gasteiger partial charge is 0.494 e. The molecule has 0 spiro atoms. The molecule has 0 radical (unpaired) electrons. The predicted molar refractivity (Wildman–Crippen MR) is 82.4 cm³/mol. The molecule has 120 valence electrons. The summed E-state index contributed by atoms with van der Waals surface area (Å²) in [6, 6.07) is 1.58. The lowest BCUT2D eigenvalue weighted by molar-refractivity contribution is 0.0976. The third-order valence-electron chi connectivity index (χ3n) is 4.16. The molecule has 0 aromatic carbocycles. The topological polar surface area (TPSA) is 114 Å². The fourth-order valence-electron chi connectivity index (χ4n) is 3.05. The molecule has 3 rings (SSSR count). The Morgan fingerprint density at radius 1 is 1.32 bits per heavy atom. The molecule has 1 aromatic rings. The smallest absolute Gasteiger partial charge is 0.315 e. The number of hydrogen-bond donors (Lipinski definition) is 5. The minimum atomic E-state index is -0.281. The molecule has 0 saturated carbocycles. The lowest BCUT2D eigenvalue weighted by Crippen LogP contribution is -2.36. The van der Waals surface area contributed by atoms with Gasteiger partial charge >= 0.3 is 6.03 Å². The number of H-pyrrole nitrogens is 1. The van der Waals surface area contributed by atoms with Gasteiger partial charge in [0.2, 0.25) is 5.88 Å². The van der Waals surface area contributed by atoms with Crippen molar-refractivity contribution in [2.24, 2.45) is 0 Å². The van der Waals surface area contributed by atoms with Crippen LogP contribution in [0.15, 0.2) is 6.07 Å². The summed E-state index contributed by atoms with van der Waals surface area (Å²) < 4.78 is 0. The van der Waals surface area contributed by atoms with E-state index in [0.29, 0.717) is 11.7 Å². The normalized spacial score (nSPS) is 26.5. The van der Waals surface area contributed by atoms with Gasteiger partial charge in [0.25, 0.3) is 0 Å². The van der Waals surface area contributed by atoms with Crippen LogP contribution in [0.2, 0.25) is 0 Å². The standard InChI is InChI=1S/C14H19N3O4S/c18-9(7-5-11(19)16-13(7)20)3-1-2-4-10-12-8(6-22-10)15-14(21)17-12/h5,8,10,12,16,19-20H,1-4,6H2,(H2,15,17,21)/t8-,10-,12-/m0/s1. The molecule has 0 unspecified atom stereocenters. The zero-order chi connectivity index (χ0) is 15.7. The predicted octanol–water partition coefficient (Wildman–Crippen LogP) is 1.33. The highest BCUT2D eigenvalue weighted by molar-refractivity contribution is 8.00. The van der Waals surface area contributed by atoms with Crippen LogP contribution in [0.3, 0.4) is 0 Å². The Bertz CT molecular complexity index is 589. The molecule has 0 bridgehead atoms. The van der Waals surface area contributed by atoms with Crippen LogP contribution in [0, 0.1) is 0 Å². The van der Waals surface area contributed by atoms with E-state index in [2.05, 4.69) is 15.6 Å². The van der Waals surface area contributed by atoms with E-state index in [1.807, 2.05) is 11.8 Å². The highest BCUT2D eigenvalue weighted by Crippen LogP contribution is 2.33. The lowest BCUT2D eigenvalue weighted by Gasteiger charge is -2.16. The van der Waals surface area contributed by atoms with Gasteiger partial charge in [-0.3, -0.25) is 9.78 Å². The maximum atomic E-state index is 11.9. The van der Waals surface area contributed by atoms with E-state index in [1.165, 1.54) is 6.07 Å². The second-order valence-corrected chi connectivity index (χ2v) is 6.98. The third-order valence-corrected chi connectivity index (χ3v) is 5.67. The van der Waals surface area contributed by atoms with Gasteiger partial charge in [-0.25, -0.2) is 4.79 Å². The molecule has 2 saturated heterocycles. The molecule has 22 heavy (non-hydrogen) atoms. The molecule has 5 N–H and O–H groups in total. The molecule has 7 nitrogen and oxygen atoms in total. The number of aromatic hydroxyl groups is 2. The zero-order valence-electron chi connectivity index (χ0n) is 12.0. The van der Waals surface area contributed by atoms with Crippen LogP contribution >= 0.6 is 11.8 Å². The average Bonchev–Trinajstić information content (AvgIpc) is 3.09. The van der Waals surface area contributed by atoms with E-state index in [9.17, 15) is 19.8 Å². The number of fused-ring (bicyclic) bond motifs is 1. The van der Waals surface area contributed by atoms with E-state index in [4.69, 9.17) is 0 Å². The number of rotatable bonds is 6. The summed E-state index contributed by atoms with van der Waals surface area (Å²) in [5.41, 5.74) is 0.139. The van der Waals surface area contributed by atoms with Gasteiger partial charge in [-0.15, -0.1) is 0 Å². The van der Waals surface area contributed by atoms with Crippen molar-refractivity contribution in [1.82, 2.24) is 15.6 Å². The van der Waals surface area contributed by atoms with Gasteiger partial charge in [0.1, 0.15) is 0 Å². The average molecular weight is 325 g/mol. The van der Waals surface area contributed by atoms with Crippen molar-refractivity contribution in [3.05, 3.63) is 11.6 Å². The minimum Gasteiger partial charge on any atom is -0.494 e. The maximum absolute atomic E-state index is 11.9. The fraction of sp³-hybridized carbons (Fsp3) is 0.571. The summed E-state index contributed by atoms with van der Waals surface area (Å²) in [5.74, 6) is 0.265. The number of ketones is 1. The molecule has 8 heteroatoms. The summed E-state index contributed by atoms with van der Waals surface area (Å²) in [6.45, 7) is 0. The number of Topliss-reactive ketones (excluding diaryl/α,β-unsaturated/α-hetero) is 1. The van der Waals surface area contributed by atoms with Crippen LogP contribution < -0.4 is 10.6 Å². The maximum Gasteiger partial charge on any atom is 0.315 e. The second kappa shape index (κ2) is 6.12. The number of urea groups is 1. The Morgan fingerprint density at radius 2 is 2.14 bits per heavy atom. The first-order valence-electron chi connectivity index (χ1n) is 7.37. The van der Waals surface area contributed by atoms with E-state index >= 15 is 0 Å². The molecular formula is C14H19N3O4S. The molecule has 2 aliphatic rings. The summed E-state index contributed by atoms with van der Waals surface area (Å²) in [6.07, 6.45) is 2.89. The number of unbranched alkanes of at least 4 members (excludes halogenated alkanes) is 1. The molecule has 3 heterocycles. The van der Waals surface area contributed by atoms with Crippen molar-refractivity contribution in [3.63, 3.8) is 0 Å². The first-order valence-corrected chi connectivity index (χ1v) is 8.42. The van der Waals surface area contributed by atoms with Gasteiger partial charge in [-0.2, -0.15) is 11.8 Å². The summed E-state index contributed by atoms with van der Waals surface area (Å²) in [7, 11) is 0. The van der Waals surface area contributed by atoms with E-state index < -0.39 is 0 Å². The van der Waals surface area contributed by atoms with Crippen molar-refractivity contribution >= 4 is 23.6 Å². The van der Waals surface area contributed by atoms with Crippen molar-refractivity contribution < 1.29 is 19.8 Å². The van der Waals surface area contributed by atoms with Gasteiger partial charge in [-0.1, -0.05) is 6.42 Å². The van der Waals surface area contributed by atoms with Crippen LogP contribution in [0.4, 0.5) is 4.79 Å². The first-order chi connectivity index (χ1) is 10.5. The quantitative estimate of drug-likeness (QED) is 0.307. The first kappa shape index (κ1) is 15.1. The number of carbonyl (C=O) groups is 2. The summed E-state index contributed by atoms with van der Waals surface area (Å²) in [5, 5.41) is 24.9. The van der Waals surface area contributed by atoms with Crippen molar-refractivity contribution in [1.29, 1.82) is 0 Å². The Kier molecular flexibility index (Phi) is 4.19. The molecular weight excluding hydrogens is 306 g/mol. The van der Waals surface area contributed by atoms with Crippen LogP contribution in [0.5, 0.6) is 11.8 Å². The number of aromatic nitrogens is 1. The Balaban J connectivity index is 1.41. The third kappa shape index (κ3) is 3.01.